The van der Waals surface area contributed by atoms with Crippen molar-refractivity contribution in [2.24, 2.45) is 0 Å². The van der Waals surface area contributed by atoms with Crippen LogP contribution in [-0.4, -0.2) is 70.7 Å². The van der Waals surface area contributed by atoms with E-state index in [0.717, 1.165) is 41.2 Å². The molecule has 24 heavy (non-hydrogen) atoms. The molecular weight excluding hydrogens is 328 g/mol. The predicted molar refractivity (Wildman–Crippen MR) is 94.7 cm³/mol. The molecule has 6 nitrogen and oxygen atoms in total. The molecule has 2 saturated heterocycles. The van der Waals surface area contributed by atoms with E-state index in [4.69, 9.17) is 16.3 Å². The Balaban J connectivity index is 1.56. The lowest BCUT2D eigenvalue weighted by atomic mass is 9.92. The minimum Gasteiger partial charge on any atom is -0.389 e. The van der Waals surface area contributed by atoms with E-state index in [0.29, 0.717) is 19.3 Å². The van der Waals surface area contributed by atoms with Gasteiger partial charge < -0.3 is 14.7 Å². The van der Waals surface area contributed by atoms with Crippen molar-refractivity contribution in [1.82, 2.24) is 15.1 Å². The van der Waals surface area contributed by atoms with Crippen molar-refractivity contribution in [3.05, 3.63) is 23.4 Å². The third-order valence-electron chi connectivity index (χ3n) is 5.52. The van der Waals surface area contributed by atoms with Crippen molar-refractivity contribution >= 4 is 28.2 Å². The molecule has 3 heterocycles. The summed E-state index contributed by atoms with van der Waals surface area (Å²) in [6.07, 6.45) is 1.35. The molecule has 4 rings (SSSR count). The molecule has 1 aromatic carbocycles. The third kappa shape index (κ3) is 2.49. The summed E-state index contributed by atoms with van der Waals surface area (Å²) in [5, 5.41) is 19.2. The number of nitrogens with zero attached hydrogens (tertiary/aromatic N) is 3. The van der Waals surface area contributed by atoms with Gasteiger partial charge >= 0.3 is 0 Å². The van der Waals surface area contributed by atoms with Crippen LogP contribution in [-0.2, 0) is 4.74 Å². The number of fused-ring (bicyclic) bond motifs is 1. The van der Waals surface area contributed by atoms with Crippen LogP contribution in [0, 0.1) is 0 Å². The number of benzene rings is 1. The number of halogens is 1. The fraction of sp³-hybridized carbons (Fsp3) is 0.588. The Kier molecular flexibility index (Phi) is 3.95. The Labute approximate surface area is 146 Å². The zero-order valence-corrected chi connectivity index (χ0v) is 14.8. The van der Waals surface area contributed by atoms with E-state index in [1.165, 1.54) is 0 Å². The lowest BCUT2D eigenvalue weighted by molar-refractivity contribution is -0.0160. The largest absolute Gasteiger partial charge is 0.389 e. The fourth-order valence-electron chi connectivity index (χ4n) is 4.06. The maximum Gasteiger partial charge on any atom is 0.0976 e. The average molecular weight is 351 g/mol. The Morgan fingerprint density at radius 3 is 2.96 bits per heavy atom. The van der Waals surface area contributed by atoms with E-state index in [-0.39, 0.29) is 5.54 Å². The van der Waals surface area contributed by atoms with E-state index in [9.17, 15) is 5.11 Å². The summed E-state index contributed by atoms with van der Waals surface area (Å²) >= 11 is 6.50. The lowest BCUT2D eigenvalue weighted by Gasteiger charge is -2.49. The number of anilines is 1. The molecule has 3 atom stereocenters. The van der Waals surface area contributed by atoms with Gasteiger partial charge in [-0.1, -0.05) is 11.6 Å². The van der Waals surface area contributed by atoms with Crippen LogP contribution >= 0.6 is 11.6 Å². The van der Waals surface area contributed by atoms with Crippen LogP contribution in [0.15, 0.2) is 18.3 Å². The molecule has 2 N–H and O–H groups in total. The van der Waals surface area contributed by atoms with E-state index in [1.54, 1.807) is 6.20 Å². The van der Waals surface area contributed by atoms with Crippen molar-refractivity contribution < 1.29 is 9.84 Å². The molecule has 2 aliphatic rings. The Morgan fingerprint density at radius 1 is 1.42 bits per heavy atom. The Hall–Kier alpha value is -1.34. The first-order valence-electron chi connectivity index (χ1n) is 8.39. The summed E-state index contributed by atoms with van der Waals surface area (Å²) in [6.45, 7) is 7.90. The number of piperazine rings is 1. The molecule has 0 bridgehead atoms. The molecule has 0 spiro atoms. The highest BCUT2D eigenvalue weighted by Crippen LogP contribution is 2.34. The van der Waals surface area contributed by atoms with Gasteiger partial charge in [-0.2, -0.15) is 5.10 Å². The maximum atomic E-state index is 10.3. The zero-order chi connectivity index (χ0) is 16.9. The van der Waals surface area contributed by atoms with Gasteiger partial charge in [-0.3, -0.25) is 10.00 Å². The van der Waals surface area contributed by atoms with Gasteiger partial charge in [0.25, 0.3) is 0 Å². The molecule has 130 valence electrons. The fourth-order valence-corrected chi connectivity index (χ4v) is 4.35. The van der Waals surface area contributed by atoms with Crippen LogP contribution in [0.25, 0.3) is 10.9 Å². The van der Waals surface area contributed by atoms with Gasteiger partial charge in [-0.25, -0.2) is 0 Å². The second kappa shape index (κ2) is 5.88. The maximum absolute atomic E-state index is 10.3. The summed E-state index contributed by atoms with van der Waals surface area (Å²) < 4.78 is 5.51. The Bertz CT molecular complexity index is 751. The number of rotatable bonds is 2. The number of hydrogen-bond acceptors (Lipinski definition) is 5. The second-order valence-corrected chi connectivity index (χ2v) is 7.54. The van der Waals surface area contributed by atoms with Crippen LogP contribution in [0.1, 0.15) is 13.8 Å². The molecule has 0 amide bonds. The summed E-state index contributed by atoms with van der Waals surface area (Å²) in [7, 11) is 0. The first-order valence-corrected chi connectivity index (χ1v) is 8.77. The van der Waals surface area contributed by atoms with Gasteiger partial charge in [0.1, 0.15) is 0 Å². The van der Waals surface area contributed by atoms with Gasteiger partial charge in [0, 0.05) is 31.1 Å². The summed E-state index contributed by atoms with van der Waals surface area (Å²) in [4.78, 5) is 4.69. The Morgan fingerprint density at radius 2 is 2.25 bits per heavy atom. The molecule has 2 fully saturated rings. The van der Waals surface area contributed by atoms with Crippen molar-refractivity contribution in [2.45, 2.75) is 31.5 Å². The first kappa shape index (κ1) is 16.1. The molecular formula is C17H23ClN4O2. The minimum absolute atomic E-state index is 0.300. The number of H-pyrrole nitrogens is 1. The number of hydrogen-bond donors (Lipinski definition) is 2. The van der Waals surface area contributed by atoms with Gasteiger partial charge in [-0.05, 0) is 26.0 Å². The highest BCUT2D eigenvalue weighted by atomic mass is 35.5. The standard InChI is InChI=1S/C17H23ClN4O2/c1-11-8-21(3-4-22(11)17(2)10-24-9-16(17)23)15-6-14-12(5-13(15)18)7-19-20-14/h5-7,11,16,23H,3-4,8-10H2,1-2H3,(H,19,20)/t11-,16?,17?/m1/s1. The zero-order valence-electron chi connectivity index (χ0n) is 14.0. The normalized spacial score (nSPS) is 31.9. The first-order chi connectivity index (χ1) is 11.5. The highest BCUT2D eigenvalue weighted by Gasteiger charge is 2.47. The molecule has 7 heteroatoms. The van der Waals surface area contributed by atoms with Gasteiger partial charge in [0.05, 0.1) is 47.3 Å². The van der Waals surface area contributed by atoms with Crippen molar-refractivity contribution in [2.75, 3.05) is 37.7 Å². The van der Waals surface area contributed by atoms with E-state index >= 15 is 0 Å². The summed E-state index contributed by atoms with van der Waals surface area (Å²) in [5.41, 5.74) is 1.73. The number of nitrogens with one attached hydrogen (secondary N) is 1. The van der Waals surface area contributed by atoms with Crippen molar-refractivity contribution in [3.8, 4) is 0 Å². The van der Waals surface area contributed by atoms with Crippen LogP contribution < -0.4 is 4.90 Å². The molecule has 0 saturated carbocycles. The molecule has 0 radical (unpaired) electrons. The monoisotopic (exact) mass is 350 g/mol. The molecule has 0 aliphatic carbocycles. The predicted octanol–water partition coefficient (Wildman–Crippen LogP) is 1.88. The second-order valence-electron chi connectivity index (χ2n) is 7.14. The highest BCUT2D eigenvalue weighted by molar-refractivity contribution is 6.34. The average Bonchev–Trinajstić information content (AvgIpc) is 3.13. The molecule has 1 aromatic heterocycles. The van der Waals surface area contributed by atoms with Gasteiger partial charge in [0.2, 0.25) is 0 Å². The number of aliphatic hydroxyl groups is 1. The smallest absolute Gasteiger partial charge is 0.0976 e. The van der Waals surface area contributed by atoms with Crippen LogP contribution in [0.3, 0.4) is 0 Å². The summed E-state index contributed by atoms with van der Waals surface area (Å²) in [6, 6.07) is 4.33. The molecule has 2 aromatic rings. The topological polar surface area (TPSA) is 64.6 Å². The van der Waals surface area contributed by atoms with Crippen molar-refractivity contribution in [1.29, 1.82) is 0 Å². The molecule has 2 aliphatic heterocycles. The SMILES string of the molecule is C[C@@H]1CN(c2cc3[nH]ncc3cc2Cl)CCN1C1(C)COCC1O. The minimum atomic E-state index is -0.434. The van der Waals surface area contributed by atoms with E-state index in [2.05, 4.69) is 39.9 Å². The van der Waals surface area contributed by atoms with E-state index < -0.39 is 6.10 Å². The van der Waals surface area contributed by atoms with Crippen LogP contribution in [0.4, 0.5) is 5.69 Å². The summed E-state index contributed by atoms with van der Waals surface area (Å²) in [5.74, 6) is 0. The number of ether oxygens (including phenoxy) is 1. The van der Waals surface area contributed by atoms with Gasteiger partial charge in [0.15, 0.2) is 0 Å². The van der Waals surface area contributed by atoms with Crippen LogP contribution in [0.5, 0.6) is 0 Å². The third-order valence-corrected chi connectivity index (χ3v) is 5.82. The van der Waals surface area contributed by atoms with Crippen LogP contribution in [0.2, 0.25) is 5.02 Å². The van der Waals surface area contributed by atoms with Crippen molar-refractivity contribution in [3.63, 3.8) is 0 Å². The van der Waals surface area contributed by atoms with Gasteiger partial charge in [-0.15, -0.1) is 0 Å². The number of aromatic amines is 1. The molecule has 2 unspecified atom stereocenters. The van der Waals surface area contributed by atoms with E-state index in [1.807, 2.05) is 6.07 Å². The number of aliphatic hydroxyl groups excluding tert-OH is 1. The lowest BCUT2D eigenvalue weighted by Crippen LogP contribution is -2.64. The quantitative estimate of drug-likeness (QED) is 0.865. The number of aromatic nitrogens is 2.